The van der Waals surface area contributed by atoms with Crippen LogP contribution in [0.25, 0.3) is 0 Å². The van der Waals surface area contributed by atoms with Crippen molar-refractivity contribution in [3.8, 4) is 0 Å². The highest BCUT2D eigenvalue weighted by atomic mass is 31.1. The van der Waals surface area contributed by atoms with Crippen molar-refractivity contribution in [1.29, 1.82) is 0 Å². The molecule has 0 aliphatic rings. The molecule has 0 aromatic rings. The van der Waals surface area contributed by atoms with Crippen LogP contribution in [0.5, 0.6) is 0 Å². The van der Waals surface area contributed by atoms with Crippen LogP contribution in [-0.4, -0.2) is 29.1 Å². The predicted molar refractivity (Wildman–Crippen MR) is 58.5 cm³/mol. The first-order valence-electron chi connectivity index (χ1n) is 5.06. The van der Waals surface area contributed by atoms with Gasteiger partial charge in [-0.15, -0.1) is 0 Å². The molecule has 0 spiro atoms. The number of carboxylic acid groups (broad SMARTS) is 1. The molecule has 3 N–H and O–H groups in total. The van der Waals surface area contributed by atoms with Crippen molar-refractivity contribution in [1.82, 2.24) is 0 Å². The summed E-state index contributed by atoms with van der Waals surface area (Å²) in [5.74, 6) is -1.28. The molecule has 0 radical (unpaired) electrons. The summed E-state index contributed by atoms with van der Waals surface area (Å²) in [6, 6.07) is 0. The fourth-order valence-electron chi connectivity index (χ4n) is 1.19. The maximum absolute atomic E-state index is 10.9. The Balaban J connectivity index is 4.47. The normalized spacial score (nSPS) is 17.3. The van der Waals surface area contributed by atoms with Gasteiger partial charge in [-0.2, -0.15) is 0 Å². The van der Waals surface area contributed by atoms with Gasteiger partial charge in [0, 0.05) is 6.61 Å². The van der Waals surface area contributed by atoms with Crippen LogP contribution in [0, 0.1) is 0 Å². The van der Waals surface area contributed by atoms with Crippen molar-refractivity contribution in [2.75, 3.05) is 6.61 Å². The van der Waals surface area contributed by atoms with E-state index in [4.69, 9.17) is 15.6 Å². The quantitative estimate of drug-likeness (QED) is 0.490. The predicted octanol–water partition coefficient (Wildman–Crippen LogP) is 1.35. The minimum Gasteiger partial charge on any atom is -0.477 e. The number of hydrogen-bond donors (Lipinski definition) is 2. The van der Waals surface area contributed by atoms with Gasteiger partial charge >= 0.3 is 19.7 Å². The average Bonchev–Trinajstić information content (AvgIpc) is 2.23. The van der Waals surface area contributed by atoms with Gasteiger partial charge in [-0.3, -0.25) is 5.73 Å². The molecule has 0 aliphatic carbocycles. The summed E-state index contributed by atoms with van der Waals surface area (Å²) >= 11 is 0. The minimum absolute atomic E-state index is 0.432. The first-order valence-corrected chi connectivity index (χ1v) is 5.96. The zero-order valence-electron chi connectivity index (χ0n) is 9.16. The molecule has 0 aromatic carbocycles. The molecule has 15 heavy (non-hydrogen) atoms. The second kappa shape index (κ2) is 6.88. The summed E-state index contributed by atoms with van der Waals surface area (Å²) in [5, 5.41) is 7.12. The Morgan fingerprint density at radius 1 is 1.60 bits per heavy atom. The number of ether oxygens (including phenoxy) is 1. The highest BCUT2D eigenvalue weighted by Gasteiger charge is 2.51. The Kier molecular flexibility index (Phi) is 6.65. The number of unbranched alkanes of at least 4 members (excludes halogenated alkanes) is 1. The van der Waals surface area contributed by atoms with Crippen molar-refractivity contribution in [2.45, 2.75) is 44.5 Å². The molecule has 0 fully saturated rings. The maximum Gasteiger partial charge on any atom is 0.377 e. The third-order valence-electron chi connectivity index (χ3n) is 2.22. The summed E-state index contributed by atoms with van der Waals surface area (Å²) in [4.78, 5) is 10.9. The molecule has 6 heteroatoms. The number of rotatable bonds is 8. The number of aliphatic carboxylic acids is 1. The molecule has 0 amide bonds. The SMILES string of the molecule is CCCCOC(CC)C(N)([PH+]=O)C(=O)O. The van der Waals surface area contributed by atoms with E-state index in [2.05, 4.69) is 0 Å². The summed E-state index contributed by atoms with van der Waals surface area (Å²) in [6.45, 7) is 4.22. The summed E-state index contributed by atoms with van der Waals surface area (Å²) in [7, 11) is -1.12. The van der Waals surface area contributed by atoms with Gasteiger partial charge in [-0.25, -0.2) is 4.79 Å². The van der Waals surface area contributed by atoms with Gasteiger partial charge in [0.15, 0.2) is 0 Å². The number of hydrogen-bond acceptors (Lipinski definition) is 4. The monoisotopic (exact) mass is 236 g/mol. The van der Waals surface area contributed by atoms with Crippen LogP contribution in [0.2, 0.25) is 0 Å². The number of nitrogens with two attached hydrogens (primary N) is 1. The van der Waals surface area contributed by atoms with Crippen molar-refractivity contribution < 1.29 is 19.2 Å². The topological polar surface area (TPSA) is 89.6 Å². The smallest absolute Gasteiger partial charge is 0.377 e. The summed E-state index contributed by atoms with van der Waals surface area (Å²) in [5.41, 5.74) is 5.55. The first kappa shape index (κ1) is 14.5. The molecule has 0 rings (SSSR count). The molecule has 0 bridgehead atoms. The Morgan fingerprint density at radius 2 is 2.20 bits per heavy atom. The maximum atomic E-state index is 10.9. The molecule has 3 atom stereocenters. The van der Waals surface area contributed by atoms with Gasteiger partial charge < -0.3 is 9.84 Å². The largest absolute Gasteiger partial charge is 0.477 e. The van der Waals surface area contributed by atoms with E-state index in [0.29, 0.717) is 13.0 Å². The van der Waals surface area contributed by atoms with E-state index in [1.807, 2.05) is 6.92 Å². The van der Waals surface area contributed by atoms with Crippen LogP contribution < -0.4 is 5.73 Å². The van der Waals surface area contributed by atoms with E-state index in [9.17, 15) is 9.36 Å². The lowest BCUT2D eigenvalue weighted by Gasteiger charge is -2.21. The average molecular weight is 236 g/mol. The lowest BCUT2D eigenvalue weighted by Crippen LogP contribution is -2.53. The van der Waals surface area contributed by atoms with Gasteiger partial charge in [-0.1, -0.05) is 24.8 Å². The van der Waals surface area contributed by atoms with Crippen molar-refractivity contribution in [3.05, 3.63) is 0 Å². The van der Waals surface area contributed by atoms with E-state index >= 15 is 0 Å². The second-order valence-corrected chi connectivity index (χ2v) is 4.43. The molecular formula is C9H19NO4P+. The third-order valence-corrected chi connectivity index (χ3v) is 3.09. The number of carboxylic acids is 1. The fourth-order valence-corrected chi connectivity index (χ4v) is 1.69. The molecule has 0 heterocycles. The van der Waals surface area contributed by atoms with Crippen LogP contribution >= 0.6 is 8.46 Å². The van der Waals surface area contributed by atoms with E-state index in [1.54, 1.807) is 6.92 Å². The van der Waals surface area contributed by atoms with Gasteiger partial charge in [-0.05, 0) is 12.8 Å². The van der Waals surface area contributed by atoms with Crippen LogP contribution in [0.1, 0.15) is 33.1 Å². The van der Waals surface area contributed by atoms with E-state index < -0.39 is 25.8 Å². The van der Waals surface area contributed by atoms with Gasteiger partial charge in [0.05, 0.1) is 0 Å². The molecule has 0 aromatic heterocycles. The molecule has 0 aliphatic heterocycles. The Labute approximate surface area is 91.2 Å². The molecule has 0 saturated heterocycles. The first-order chi connectivity index (χ1) is 7.02. The van der Waals surface area contributed by atoms with Gasteiger partial charge in [0.2, 0.25) is 0 Å². The highest BCUT2D eigenvalue weighted by molar-refractivity contribution is 7.27. The molecule has 3 unspecified atom stereocenters. The van der Waals surface area contributed by atoms with E-state index in [0.717, 1.165) is 12.8 Å². The van der Waals surface area contributed by atoms with Crippen LogP contribution in [-0.2, 0) is 14.1 Å². The molecular weight excluding hydrogens is 217 g/mol. The molecule has 0 saturated carbocycles. The molecule has 5 nitrogen and oxygen atoms in total. The van der Waals surface area contributed by atoms with Gasteiger partial charge in [0.25, 0.3) is 0 Å². The number of carbonyl (C=O) groups is 1. The summed E-state index contributed by atoms with van der Waals surface area (Å²) < 4.78 is 16.2. The second-order valence-electron chi connectivity index (χ2n) is 3.40. The Morgan fingerprint density at radius 3 is 2.53 bits per heavy atom. The van der Waals surface area contributed by atoms with Crippen molar-refractivity contribution in [3.63, 3.8) is 0 Å². The van der Waals surface area contributed by atoms with Crippen molar-refractivity contribution >= 4 is 14.4 Å². The van der Waals surface area contributed by atoms with Crippen LogP contribution in [0.4, 0.5) is 0 Å². The zero-order valence-corrected chi connectivity index (χ0v) is 10.2. The lowest BCUT2D eigenvalue weighted by atomic mass is 10.1. The Bertz CT molecular complexity index is 224. The fraction of sp³-hybridized carbons (Fsp3) is 0.889. The highest BCUT2D eigenvalue weighted by Crippen LogP contribution is 2.26. The third kappa shape index (κ3) is 3.86. The standard InChI is InChI=1S/C9H18NO4P/c1-3-5-6-14-7(4-2)9(10,15-13)8(11)12/h7H,3-6,10H2,1-2H3,(H,11,12)/p+1. The van der Waals surface area contributed by atoms with Crippen molar-refractivity contribution in [2.24, 2.45) is 5.73 Å². The van der Waals surface area contributed by atoms with Crippen LogP contribution in [0.15, 0.2) is 0 Å². The molecule has 88 valence electrons. The lowest BCUT2D eigenvalue weighted by molar-refractivity contribution is -0.144. The van der Waals surface area contributed by atoms with E-state index in [-0.39, 0.29) is 0 Å². The Hall–Kier alpha value is -0.510. The van der Waals surface area contributed by atoms with Crippen LogP contribution in [0.3, 0.4) is 0 Å². The van der Waals surface area contributed by atoms with Gasteiger partial charge in [0.1, 0.15) is 6.10 Å². The minimum atomic E-state index is -1.78. The zero-order chi connectivity index (χ0) is 11.9. The summed E-state index contributed by atoms with van der Waals surface area (Å²) in [6.07, 6.45) is 1.54. The van der Waals surface area contributed by atoms with E-state index in [1.165, 1.54) is 0 Å².